The van der Waals surface area contributed by atoms with Gasteiger partial charge in [0.1, 0.15) is 0 Å². The number of aromatic nitrogens is 2. The Morgan fingerprint density at radius 2 is 1.92 bits per heavy atom. The molecule has 0 saturated heterocycles. The highest BCUT2D eigenvalue weighted by Crippen LogP contribution is 2.11. The van der Waals surface area contributed by atoms with Gasteiger partial charge in [0.05, 0.1) is 6.54 Å². The van der Waals surface area contributed by atoms with Crippen LogP contribution < -0.4 is 5.32 Å². The number of rotatable bonds is 6. The van der Waals surface area contributed by atoms with Gasteiger partial charge in [-0.2, -0.15) is 4.98 Å². The SMILES string of the molecule is O=C(NCc1noc(CCc2ccccc2)n1)c1cccc(Cl)c1. The molecule has 2 aromatic carbocycles. The number of carbonyl (C=O) groups is 1. The van der Waals surface area contributed by atoms with Crippen molar-refractivity contribution in [3.05, 3.63) is 82.5 Å². The highest BCUT2D eigenvalue weighted by atomic mass is 35.5. The normalized spacial score (nSPS) is 10.5. The molecule has 3 aromatic rings. The maximum atomic E-state index is 12.0. The van der Waals surface area contributed by atoms with Gasteiger partial charge in [-0.25, -0.2) is 0 Å². The number of benzene rings is 2. The quantitative estimate of drug-likeness (QED) is 0.745. The number of nitrogens with zero attached hydrogens (tertiary/aromatic N) is 2. The van der Waals surface area contributed by atoms with Crippen LogP contribution in [0.3, 0.4) is 0 Å². The first kappa shape index (κ1) is 16.2. The molecule has 3 rings (SSSR count). The summed E-state index contributed by atoms with van der Waals surface area (Å²) in [4.78, 5) is 16.3. The van der Waals surface area contributed by atoms with E-state index in [2.05, 4.69) is 27.6 Å². The van der Waals surface area contributed by atoms with Crippen LogP contribution in [-0.4, -0.2) is 16.0 Å². The number of halogens is 1. The van der Waals surface area contributed by atoms with Crippen molar-refractivity contribution < 1.29 is 9.32 Å². The van der Waals surface area contributed by atoms with E-state index in [1.54, 1.807) is 24.3 Å². The topological polar surface area (TPSA) is 68.0 Å². The summed E-state index contributed by atoms with van der Waals surface area (Å²) in [6.45, 7) is 0.209. The zero-order valence-electron chi connectivity index (χ0n) is 12.9. The molecule has 0 aliphatic rings. The summed E-state index contributed by atoms with van der Waals surface area (Å²) in [6, 6.07) is 16.9. The lowest BCUT2D eigenvalue weighted by Crippen LogP contribution is -2.23. The van der Waals surface area contributed by atoms with Gasteiger partial charge in [0.2, 0.25) is 5.89 Å². The molecule has 0 radical (unpaired) electrons. The van der Waals surface area contributed by atoms with E-state index in [-0.39, 0.29) is 12.5 Å². The summed E-state index contributed by atoms with van der Waals surface area (Å²) in [6.07, 6.45) is 1.50. The number of hydrogen-bond acceptors (Lipinski definition) is 4. The van der Waals surface area contributed by atoms with Crippen molar-refractivity contribution in [2.75, 3.05) is 0 Å². The highest BCUT2D eigenvalue weighted by molar-refractivity contribution is 6.30. The van der Waals surface area contributed by atoms with Gasteiger partial charge >= 0.3 is 0 Å². The number of aryl methyl sites for hydroxylation is 2. The van der Waals surface area contributed by atoms with Crippen LogP contribution >= 0.6 is 11.6 Å². The minimum absolute atomic E-state index is 0.209. The number of hydrogen-bond donors (Lipinski definition) is 1. The first-order valence-electron chi connectivity index (χ1n) is 7.60. The molecule has 5 nitrogen and oxygen atoms in total. The van der Waals surface area contributed by atoms with E-state index in [0.29, 0.717) is 28.7 Å². The smallest absolute Gasteiger partial charge is 0.251 e. The minimum atomic E-state index is -0.229. The third-order valence-electron chi connectivity index (χ3n) is 3.47. The fourth-order valence-corrected chi connectivity index (χ4v) is 2.44. The summed E-state index contributed by atoms with van der Waals surface area (Å²) in [5.41, 5.74) is 1.71. The summed E-state index contributed by atoms with van der Waals surface area (Å²) < 4.78 is 5.21. The summed E-state index contributed by atoms with van der Waals surface area (Å²) in [5.74, 6) is 0.785. The van der Waals surface area contributed by atoms with E-state index < -0.39 is 0 Å². The molecule has 0 unspecified atom stereocenters. The van der Waals surface area contributed by atoms with Crippen molar-refractivity contribution >= 4 is 17.5 Å². The van der Waals surface area contributed by atoms with E-state index in [1.165, 1.54) is 5.56 Å². The second kappa shape index (κ2) is 7.75. The Bertz CT molecular complexity index is 818. The molecule has 0 saturated carbocycles. The van der Waals surface area contributed by atoms with Crippen LogP contribution in [0.25, 0.3) is 0 Å². The number of carbonyl (C=O) groups excluding carboxylic acids is 1. The monoisotopic (exact) mass is 341 g/mol. The van der Waals surface area contributed by atoms with Crippen LogP contribution in [-0.2, 0) is 19.4 Å². The van der Waals surface area contributed by atoms with Crippen LogP contribution in [0.4, 0.5) is 0 Å². The summed E-state index contributed by atoms with van der Waals surface area (Å²) in [5, 5.41) is 7.15. The molecule has 1 heterocycles. The number of nitrogens with one attached hydrogen (secondary N) is 1. The second-order valence-electron chi connectivity index (χ2n) is 5.28. The Morgan fingerprint density at radius 3 is 2.71 bits per heavy atom. The Balaban J connectivity index is 1.51. The van der Waals surface area contributed by atoms with Gasteiger partial charge in [0.25, 0.3) is 5.91 Å². The van der Waals surface area contributed by atoms with Crippen molar-refractivity contribution in [3.63, 3.8) is 0 Å². The van der Waals surface area contributed by atoms with Crippen molar-refractivity contribution in [3.8, 4) is 0 Å². The first-order chi connectivity index (χ1) is 11.7. The molecule has 0 fully saturated rings. The Hall–Kier alpha value is -2.66. The second-order valence-corrected chi connectivity index (χ2v) is 5.72. The molecule has 0 aliphatic heterocycles. The van der Waals surface area contributed by atoms with Gasteiger partial charge in [-0.3, -0.25) is 4.79 Å². The molecule has 0 atom stereocenters. The summed E-state index contributed by atoms with van der Waals surface area (Å²) >= 11 is 5.88. The van der Waals surface area contributed by atoms with Crippen LogP contribution in [0.1, 0.15) is 27.6 Å². The molecule has 1 aromatic heterocycles. The highest BCUT2D eigenvalue weighted by Gasteiger charge is 2.10. The summed E-state index contributed by atoms with van der Waals surface area (Å²) in [7, 11) is 0. The zero-order chi connectivity index (χ0) is 16.8. The zero-order valence-corrected chi connectivity index (χ0v) is 13.7. The fraction of sp³-hybridized carbons (Fsp3) is 0.167. The molecule has 1 N–H and O–H groups in total. The third kappa shape index (κ3) is 4.43. The van der Waals surface area contributed by atoms with Crippen LogP contribution in [0.2, 0.25) is 5.02 Å². The fourth-order valence-electron chi connectivity index (χ4n) is 2.25. The minimum Gasteiger partial charge on any atom is -0.345 e. The third-order valence-corrected chi connectivity index (χ3v) is 3.71. The largest absolute Gasteiger partial charge is 0.345 e. The molecule has 6 heteroatoms. The Kier molecular flexibility index (Phi) is 5.23. The van der Waals surface area contributed by atoms with Crippen molar-refractivity contribution in [1.82, 2.24) is 15.5 Å². The maximum Gasteiger partial charge on any atom is 0.251 e. The van der Waals surface area contributed by atoms with Gasteiger partial charge in [-0.15, -0.1) is 0 Å². The lowest BCUT2D eigenvalue weighted by atomic mass is 10.1. The van der Waals surface area contributed by atoms with Crippen molar-refractivity contribution in [1.29, 1.82) is 0 Å². The van der Waals surface area contributed by atoms with Crippen LogP contribution in [0.15, 0.2) is 59.1 Å². The predicted octanol–water partition coefficient (Wildman–Crippen LogP) is 3.44. The van der Waals surface area contributed by atoms with E-state index in [0.717, 1.165) is 6.42 Å². The molecule has 0 spiro atoms. The first-order valence-corrected chi connectivity index (χ1v) is 7.97. The average molecular weight is 342 g/mol. The van der Waals surface area contributed by atoms with Crippen LogP contribution in [0.5, 0.6) is 0 Å². The molecule has 0 bridgehead atoms. The maximum absolute atomic E-state index is 12.0. The molecular formula is C18H16ClN3O2. The van der Waals surface area contributed by atoms with Gasteiger partial charge in [0.15, 0.2) is 5.82 Å². The number of amides is 1. The molecular weight excluding hydrogens is 326 g/mol. The lowest BCUT2D eigenvalue weighted by molar-refractivity contribution is 0.0949. The van der Waals surface area contributed by atoms with Gasteiger partial charge in [-0.1, -0.05) is 53.2 Å². The Labute approximate surface area is 144 Å². The van der Waals surface area contributed by atoms with Crippen molar-refractivity contribution in [2.24, 2.45) is 0 Å². The molecule has 0 aliphatic carbocycles. The van der Waals surface area contributed by atoms with Gasteiger partial charge in [0, 0.05) is 17.0 Å². The molecule has 24 heavy (non-hydrogen) atoms. The lowest BCUT2D eigenvalue weighted by Gasteiger charge is -2.02. The predicted molar refractivity (Wildman–Crippen MR) is 90.8 cm³/mol. The van der Waals surface area contributed by atoms with Crippen LogP contribution in [0, 0.1) is 0 Å². The average Bonchev–Trinajstić information content (AvgIpc) is 3.07. The van der Waals surface area contributed by atoms with E-state index in [4.69, 9.17) is 16.1 Å². The van der Waals surface area contributed by atoms with E-state index >= 15 is 0 Å². The molecule has 1 amide bonds. The van der Waals surface area contributed by atoms with Gasteiger partial charge in [-0.05, 0) is 30.2 Å². The van der Waals surface area contributed by atoms with E-state index in [1.807, 2.05) is 18.2 Å². The van der Waals surface area contributed by atoms with Crippen molar-refractivity contribution in [2.45, 2.75) is 19.4 Å². The van der Waals surface area contributed by atoms with Gasteiger partial charge < -0.3 is 9.84 Å². The standard InChI is InChI=1S/C18H16ClN3O2/c19-15-8-4-7-14(11-15)18(23)20-12-16-21-17(24-22-16)10-9-13-5-2-1-3-6-13/h1-8,11H,9-10,12H2,(H,20,23). The molecule has 122 valence electrons. The van der Waals surface area contributed by atoms with E-state index in [9.17, 15) is 4.79 Å². The Morgan fingerprint density at radius 1 is 1.08 bits per heavy atom.